The summed E-state index contributed by atoms with van der Waals surface area (Å²) in [5, 5.41) is 22.2. The van der Waals surface area contributed by atoms with Crippen LogP contribution in [0.15, 0.2) is 78.4 Å². The second kappa shape index (κ2) is 10.3. The maximum Gasteiger partial charge on any atom is 0.300 e. The lowest BCUT2D eigenvalue weighted by molar-refractivity contribution is -0.384. The lowest BCUT2D eigenvalue weighted by atomic mass is 9.95. The molecule has 1 N–H and O–H groups in total. The van der Waals surface area contributed by atoms with Crippen LogP contribution in [0.2, 0.25) is 0 Å². The Labute approximate surface area is 207 Å². The van der Waals surface area contributed by atoms with Gasteiger partial charge >= 0.3 is 0 Å². The lowest BCUT2D eigenvalue weighted by Crippen LogP contribution is -2.29. The van der Waals surface area contributed by atoms with E-state index in [2.05, 4.69) is 0 Å². The number of hydrogen-bond acceptors (Lipinski definition) is 7. The molecule has 1 heterocycles. The maximum atomic E-state index is 13.3. The van der Waals surface area contributed by atoms with Crippen LogP contribution in [0.5, 0.6) is 11.5 Å². The maximum absolute atomic E-state index is 13.3. The number of non-ortho nitro benzene ring substituents is 1. The molecule has 0 aromatic heterocycles. The summed E-state index contributed by atoms with van der Waals surface area (Å²) >= 11 is 0. The molecule has 0 saturated carbocycles. The minimum Gasteiger partial charge on any atom is -0.507 e. The first kappa shape index (κ1) is 24.5. The predicted octanol–water partition coefficient (Wildman–Crippen LogP) is 5.02. The summed E-state index contributed by atoms with van der Waals surface area (Å²) in [6.07, 6.45) is 0.799. The van der Waals surface area contributed by atoms with Crippen molar-refractivity contribution in [1.29, 1.82) is 0 Å². The standard InChI is InChI=1S/C27H24N2O7/c1-3-14-36-22-9-5-7-20(16-22)28-24(18-6-4-8-21(15-18)35-2)23(26(31)27(28)32)25(30)17-10-12-19(13-11-17)29(33)34/h4-13,15-16,24,30H,3,14H2,1-2H3/b25-23+. The molecule has 9 nitrogen and oxygen atoms in total. The molecule has 1 aliphatic heterocycles. The van der Waals surface area contributed by atoms with Gasteiger partial charge in [0.1, 0.15) is 17.3 Å². The van der Waals surface area contributed by atoms with Crippen molar-refractivity contribution in [3.8, 4) is 11.5 Å². The highest BCUT2D eigenvalue weighted by Crippen LogP contribution is 2.43. The molecule has 1 aliphatic rings. The number of anilines is 1. The van der Waals surface area contributed by atoms with Crippen molar-refractivity contribution < 1.29 is 29.1 Å². The van der Waals surface area contributed by atoms with Crippen molar-refractivity contribution in [2.75, 3.05) is 18.6 Å². The zero-order valence-corrected chi connectivity index (χ0v) is 19.7. The Kier molecular flexibility index (Phi) is 7.00. The average Bonchev–Trinajstić information content (AvgIpc) is 3.17. The SMILES string of the molecule is CCCOc1cccc(N2C(=O)C(=O)/C(=C(/O)c3ccc([N+](=O)[O-])cc3)C2c2cccc(OC)c2)c1. The van der Waals surface area contributed by atoms with Crippen LogP contribution in [0, 0.1) is 10.1 Å². The Bertz CT molecular complexity index is 1350. The first-order valence-corrected chi connectivity index (χ1v) is 11.3. The van der Waals surface area contributed by atoms with E-state index in [1.165, 1.54) is 36.3 Å². The predicted molar refractivity (Wildman–Crippen MR) is 133 cm³/mol. The quantitative estimate of drug-likeness (QED) is 0.155. The molecule has 3 aromatic rings. The summed E-state index contributed by atoms with van der Waals surface area (Å²) in [5.74, 6) is -1.08. The number of aliphatic hydroxyl groups is 1. The summed E-state index contributed by atoms with van der Waals surface area (Å²) < 4.78 is 11.0. The Morgan fingerprint density at radius 1 is 1.03 bits per heavy atom. The Morgan fingerprint density at radius 2 is 1.72 bits per heavy atom. The van der Waals surface area contributed by atoms with Crippen LogP contribution in [-0.2, 0) is 9.59 Å². The average molecular weight is 488 g/mol. The molecule has 3 aromatic carbocycles. The first-order valence-electron chi connectivity index (χ1n) is 11.3. The Balaban J connectivity index is 1.89. The molecule has 0 aliphatic carbocycles. The number of rotatable bonds is 8. The van der Waals surface area contributed by atoms with Crippen molar-refractivity contribution in [2.45, 2.75) is 19.4 Å². The number of carbonyl (C=O) groups is 2. The van der Waals surface area contributed by atoms with E-state index in [1.54, 1.807) is 48.5 Å². The van der Waals surface area contributed by atoms with E-state index in [9.17, 15) is 24.8 Å². The van der Waals surface area contributed by atoms with Gasteiger partial charge in [-0.1, -0.05) is 25.1 Å². The fraction of sp³-hybridized carbons (Fsp3) is 0.185. The molecule has 9 heteroatoms. The van der Waals surface area contributed by atoms with Gasteiger partial charge in [-0.3, -0.25) is 24.6 Å². The molecular weight excluding hydrogens is 464 g/mol. The van der Waals surface area contributed by atoms with Crippen LogP contribution in [0.3, 0.4) is 0 Å². The van der Waals surface area contributed by atoms with Crippen LogP contribution in [0.4, 0.5) is 11.4 Å². The van der Waals surface area contributed by atoms with E-state index >= 15 is 0 Å². The zero-order chi connectivity index (χ0) is 25.8. The summed E-state index contributed by atoms with van der Waals surface area (Å²) in [6.45, 7) is 2.46. The highest BCUT2D eigenvalue weighted by Gasteiger charge is 2.47. The number of nitro benzene ring substituents is 1. The van der Waals surface area contributed by atoms with Gasteiger partial charge in [0, 0.05) is 29.4 Å². The monoisotopic (exact) mass is 488 g/mol. The van der Waals surface area contributed by atoms with Gasteiger partial charge in [-0.15, -0.1) is 0 Å². The molecule has 4 rings (SSSR count). The van der Waals surface area contributed by atoms with E-state index < -0.39 is 28.4 Å². The number of hydrogen-bond donors (Lipinski definition) is 1. The smallest absolute Gasteiger partial charge is 0.300 e. The van der Waals surface area contributed by atoms with Crippen molar-refractivity contribution in [3.63, 3.8) is 0 Å². The van der Waals surface area contributed by atoms with Crippen molar-refractivity contribution >= 4 is 28.8 Å². The van der Waals surface area contributed by atoms with Gasteiger partial charge in [0.2, 0.25) is 0 Å². The van der Waals surface area contributed by atoms with E-state index in [0.717, 1.165) is 6.42 Å². The van der Waals surface area contributed by atoms with Crippen molar-refractivity contribution in [1.82, 2.24) is 0 Å². The van der Waals surface area contributed by atoms with Gasteiger partial charge in [-0.25, -0.2) is 0 Å². The summed E-state index contributed by atoms with van der Waals surface area (Å²) in [5.41, 5.74) is 0.826. The molecule has 184 valence electrons. The Morgan fingerprint density at radius 3 is 2.39 bits per heavy atom. The fourth-order valence-corrected chi connectivity index (χ4v) is 4.07. The van der Waals surface area contributed by atoms with Crippen LogP contribution < -0.4 is 14.4 Å². The number of benzene rings is 3. The van der Waals surface area contributed by atoms with Gasteiger partial charge in [0.15, 0.2) is 0 Å². The third-order valence-electron chi connectivity index (χ3n) is 5.77. The van der Waals surface area contributed by atoms with E-state index in [1.807, 2.05) is 6.92 Å². The number of ether oxygens (including phenoxy) is 2. The number of methoxy groups -OCH3 is 1. The second-order valence-electron chi connectivity index (χ2n) is 8.10. The zero-order valence-electron chi connectivity index (χ0n) is 19.7. The molecule has 1 atom stereocenters. The van der Waals surface area contributed by atoms with Crippen LogP contribution in [-0.4, -0.2) is 35.4 Å². The van der Waals surface area contributed by atoms with Crippen molar-refractivity contribution in [2.24, 2.45) is 0 Å². The number of aliphatic hydroxyl groups excluding tert-OH is 1. The molecule has 0 spiro atoms. The van der Waals surface area contributed by atoms with Gasteiger partial charge in [-0.05, 0) is 48.4 Å². The van der Waals surface area contributed by atoms with E-state index in [4.69, 9.17) is 9.47 Å². The second-order valence-corrected chi connectivity index (χ2v) is 8.10. The number of nitro groups is 1. The van der Waals surface area contributed by atoms with Crippen LogP contribution in [0.1, 0.15) is 30.5 Å². The normalized spacial score (nSPS) is 16.7. The fourth-order valence-electron chi connectivity index (χ4n) is 4.07. The minimum atomic E-state index is -0.975. The number of nitrogens with zero attached hydrogens (tertiary/aromatic N) is 2. The highest BCUT2D eigenvalue weighted by atomic mass is 16.6. The first-order chi connectivity index (χ1) is 17.3. The van der Waals surface area contributed by atoms with Crippen LogP contribution in [0.25, 0.3) is 5.76 Å². The number of ketones is 1. The topological polar surface area (TPSA) is 119 Å². The molecule has 0 bridgehead atoms. The summed E-state index contributed by atoms with van der Waals surface area (Å²) in [6, 6.07) is 17.8. The lowest BCUT2D eigenvalue weighted by Gasteiger charge is -2.26. The highest BCUT2D eigenvalue weighted by molar-refractivity contribution is 6.51. The largest absolute Gasteiger partial charge is 0.507 e. The van der Waals surface area contributed by atoms with Crippen molar-refractivity contribution in [3.05, 3.63) is 99.6 Å². The van der Waals surface area contributed by atoms with Gasteiger partial charge < -0.3 is 14.6 Å². The molecule has 1 saturated heterocycles. The molecule has 1 unspecified atom stereocenters. The Hall–Kier alpha value is -4.66. The summed E-state index contributed by atoms with van der Waals surface area (Å²) in [7, 11) is 1.50. The third kappa shape index (κ3) is 4.63. The number of Topliss-reactive ketones (excluding diaryl/α,β-unsaturated/α-hetero) is 1. The minimum absolute atomic E-state index is 0.137. The molecular formula is C27H24N2O7. The van der Waals surface area contributed by atoms with E-state index in [0.29, 0.717) is 29.4 Å². The summed E-state index contributed by atoms with van der Waals surface area (Å²) in [4.78, 5) is 38.4. The molecule has 1 amide bonds. The molecule has 0 radical (unpaired) electrons. The number of amides is 1. The van der Waals surface area contributed by atoms with Crippen LogP contribution >= 0.6 is 0 Å². The number of carbonyl (C=O) groups excluding carboxylic acids is 2. The molecule has 1 fully saturated rings. The van der Waals surface area contributed by atoms with Gasteiger partial charge in [0.05, 0.1) is 30.3 Å². The van der Waals surface area contributed by atoms with Gasteiger partial charge in [0.25, 0.3) is 17.4 Å². The third-order valence-corrected chi connectivity index (χ3v) is 5.77. The molecule has 36 heavy (non-hydrogen) atoms. The van der Waals surface area contributed by atoms with E-state index in [-0.39, 0.29) is 16.8 Å². The van der Waals surface area contributed by atoms with Gasteiger partial charge in [-0.2, -0.15) is 0 Å².